The van der Waals surface area contributed by atoms with Crippen LogP contribution in [0.25, 0.3) is 0 Å². The maximum atomic E-state index is 12.1. The SMILES string of the molecule is CC=C(C)C(=O)OC1CC2C(O)C(OC(=O)C(C)CC)C(C1)N2C. The van der Waals surface area contributed by atoms with Crippen LogP contribution in [0.3, 0.4) is 0 Å². The molecule has 1 N–H and O–H groups in total. The Balaban J connectivity index is 2.06. The third-order valence-electron chi connectivity index (χ3n) is 5.46. The van der Waals surface area contributed by atoms with Gasteiger partial charge in [0, 0.05) is 24.5 Å². The maximum Gasteiger partial charge on any atom is 0.333 e. The average Bonchev–Trinajstić information content (AvgIpc) is 2.70. The Hall–Kier alpha value is -1.40. The van der Waals surface area contributed by atoms with E-state index in [9.17, 15) is 14.7 Å². The van der Waals surface area contributed by atoms with Gasteiger partial charge in [0.05, 0.1) is 12.0 Å². The van der Waals surface area contributed by atoms with E-state index in [1.807, 2.05) is 25.8 Å². The number of nitrogens with zero attached hydrogens (tertiary/aromatic N) is 1. The zero-order valence-electron chi connectivity index (χ0n) is 15.2. The van der Waals surface area contributed by atoms with Gasteiger partial charge in [-0.2, -0.15) is 0 Å². The van der Waals surface area contributed by atoms with E-state index >= 15 is 0 Å². The molecule has 0 radical (unpaired) electrons. The Bertz CT molecular complexity index is 518. The number of esters is 2. The summed E-state index contributed by atoms with van der Waals surface area (Å²) in [6.45, 7) is 7.27. The van der Waals surface area contributed by atoms with Crippen LogP contribution in [0.5, 0.6) is 0 Å². The number of fused-ring (bicyclic) bond motifs is 2. The van der Waals surface area contributed by atoms with Gasteiger partial charge in [-0.25, -0.2) is 4.79 Å². The van der Waals surface area contributed by atoms with Crippen LogP contribution in [-0.4, -0.2) is 59.4 Å². The van der Waals surface area contributed by atoms with Gasteiger partial charge >= 0.3 is 11.9 Å². The summed E-state index contributed by atoms with van der Waals surface area (Å²) in [7, 11) is 1.92. The summed E-state index contributed by atoms with van der Waals surface area (Å²) in [5.41, 5.74) is 0.571. The van der Waals surface area contributed by atoms with Crippen LogP contribution in [-0.2, 0) is 19.1 Å². The van der Waals surface area contributed by atoms with E-state index in [0.29, 0.717) is 24.8 Å². The number of allylic oxidation sites excluding steroid dienone is 1. The van der Waals surface area contributed by atoms with Crippen LogP contribution in [0.15, 0.2) is 11.6 Å². The van der Waals surface area contributed by atoms with Crippen LogP contribution in [0.1, 0.15) is 47.0 Å². The molecule has 2 heterocycles. The Morgan fingerprint density at radius 2 is 1.92 bits per heavy atom. The van der Waals surface area contributed by atoms with Crippen molar-refractivity contribution >= 4 is 11.9 Å². The first-order chi connectivity index (χ1) is 11.3. The fraction of sp³-hybridized carbons (Fsp3) is 0.778. The van der Waals surface area contributed by atoms with E-state index in [1.165, 1.54) is 0 Å². The molecule has 0 aromatic carbocycles. The summed E-state index contributed by atoms with van der Waals surface area (Å²) in [4.78, 5) is 26.1. The van der Waals surface area contributed by atoms with Crippen LogP contribution in [0.4, 0.5) is 0 Å². The molecule has 2 aliphatic rings. The number of carbonyl (C=O) groups excluding carboxylic acids is 2. The highest BCUT2D eigenvalue weighted by molar-refractivity contribution is 5.87. The highest BCUT2D eigenvalue weighted by Gasteiger charge is 2.54. The van der Waals surface area contributed by atoms with Gasteiger partial charge in [0.2, 0.25) is 0 Å². The summed E-state index contributed by atoms with van der Waals surface area (Å²) in [6, 6.07) is -0.294. The second-order valence-corrected chi connectivity index (χ2v) is 6.97. The van der Waals surface area contributed by atoms with Crippen molar-refractivity contribution in [1.82, 2.24) is 4.90 Å². The largest absolute Gasteiger partial charge is 0.459 e. The highest BCUT2D eigenvalue weighted by atomic mass is 16.6. The second kappa shape index (κ2) is 7.66. The van der Waals surface area contributed by atoms with Gasteiger partial charge in [0.15, 0.2) is 0 Å². The molecule has 0 aromatic heterocycles. The standard InChI is InChI=1S/C18H29NO5/c1-6-10(3)17(21)23-12-8-13-15(20)16(14(9-12)19(13)5)24-18(22)11(4)7-2/h6,11-16,20H,7-9H2,1-5H3. The number of hydrogen-bond acceptors (Lipinski definition) is 6. The molecule has 2 saturated heterocycles. The van der Waals surface area contributed by atoms with Crippen molar-refractivity contribution in [3.05, 3.63) is 11.6 Å². The summed E-state index contributed by atoms with van der Waals surface area (Å²) in [5.74, 6) is -0.788. The fourth-order valence-electron chi connectivity index (χ4n) is 3.43. The van der Waals surface area contributed by atoms with E-state index in [-0.39, 0.29) is 36.0 Å². The summed E-state index contributed by atoms with van der Waals surface area (Å²) >= 11 is 0. The van der Waals surface area contributed by atoms with E-state index in [2.05, 4.69) is 0 Å². The lowest BCUT2D eigenvalue weighted by Crippen LogP contribution is -2.46. The van der Waals surface area contributed by atoms with Crippen molar-refractivity contribution in [3.63, 3.8) is 0 Å². The Kier molecular flexibility index (Phi) is 6.04. The zero-order chi connectivity index (χ0) is 18.0. The fourth-order valence-corrected chi connectivity index (χ4v) is 3.43. The number of ether oxygens (including phenoxy) is 2. The lowest BCUT2D eigenvalue weighted by atomic mass is 10.00. The Labute approximate surface area is 143 Å². The van der Waals surface area contributed by atoms with Gasteiger partial charge in [0.1, 0.15) is 18.3 Å². The van der Waals surface area contributed by atoms with E-state index in [1.54, 1.807) is 19.9 Å². The van der Waals surface area contributed by atoms with E-state index < -0.39 is 12.2 Å². The molecule has 2 rings (SSSR count). The monoisotopic (exact) mass is 339 g/mol. The topological polar surface area (TPSA) is 76.1 Å². The van der Waals surface area contributed by atoms with Gasteiger partial charge in [-0.3, -0.25) is 9.69 Å². The van der Waals surface area contributed by atoms with Crippen LogP contribution in [0.2, 0.25) is 0 Å². The predicted molar refractivity (Wildman–Crippen MR) is 89.2 cm³/mol. The average molecular weight is 339 g/mol. The molecule has 0 spiro atoms. The van der Waals surface area contributed by atoms with Gasteiger partial charge in [-0.1, -0.05) is 19.9 Å². The summed E-state index contributed by atoms with van der Waals surface area (Å²) in [5, 5.41) is 10.6. The van der Waals surface area contributed by atoms with Crippen molar-refractivity contribution in [2.75, 3.05) is 7.05 Å². The summed E-state index contributed by atoms with van der Waals surface area (Å²) < 4.78 is 11.2. The lowest BCUT2D eigenvalue weighted by Gasteiger charge is -2.36. The molecule has 2 aliphatic heterocycles. The number of rotatable bonds is 5. The smallest absolute Gasteiger partial charge is 0.333 e. The number of hydrogen-bond donors (Lipinski definition) is 1. The summed E-state index contributed by atoms with van der Waals surface area (Å²) in [6.07, 6.45) is 1.96. The third kappa shape index (κ3) is 3.64. The minimum atomic E-state index is -0.750. The van der Waals surface area contributed by atoms with Crippen molar-refractivity contribution in [2.24, 2.45) is 5.92 Å². The molecule has 0 saturated carbocycles. The predicted octanol–water partition coefficient (Wildman–Crippen LogP) is 1.66. The highest BCUT2D eigenvalue weighted by Crippen LogP contribution is 2.38. The molecule has 2 bridgehead atoms. The van der Waals surface area contributed by atoms with Gasteiger partial charge in [-0.15, -0.1) is 0 Å². The van der Waals surface area contributed by atoms with Crippen LogP contribution < -0.4 is 0 Å². The maximum absolute atomic E-state index is 12.1. The molecule has 2 fully saturated rings. The first kappa shape index (κ1) is 18.9. The van der Waals surface area contributed by atoms with Crippen molar-refractivity contribution < 1.29 is 24.2 Å². The van der Waals surface area contributed by atoms with Crippen molar-refractivity contribution in [2.45, 2.75) is 77.4 Å². The molecule has 6 atom stereocenters. The molecule has 24 heavy (non-hydrogen) atoms. The number of aliphatic hydroxyl groups excluding tert-OH is 1. The van der Waals surface area contributed by atoms with Gasteiger partial charge in [-0.05, 0) is 27.3 Å². The van der Waals surface area contributed by atoms with Crippen molar-refractivity contribution in [3.8, 4) is 0 Å². The molecule has 6 heteroatoms. The first-order valence-corrected chi connectivity index (χ1v) is 8.74. The minimum absolute atomic E-state index is 0.129. The van der Waals surface area contributed by atoms with E-state index in [0.717, 1.165) is 0 Å². The molecule has 0 aromatic rings. The van der Waals surface area contributed by atoms with Crippen LogP contribution in [0, 0.1) is 5.92 Å². The number of likely N-dealkylation sites (N-methyl/N-ethyl adjacent to an activating group) is 1. The zero-order valence-corrected chi connectivity index (χ0v) is 15.2. The third-order valence-corrected chi connectivity index (χ3v) is 5.46. The Morgan fingerprint density at radius 3 is 2.50 bits per heavy atom. The molecule has 6 unspecified atom stereocenters. The van der Waals surface area contributed by atoms with Crippen LogP contribution >= 0.6 is 0 Å². The normalized spacial score (nSPS) is 34.8. The molecule has 0 amide bonds. The first-order valence-electron chi connectivity index (χ1n) is 8.74. The number of carbonyl (C=O) groups is 2. The van der Waals surface area contributed by atoms with Gasteiger partial charge < -0.3 is 14.6 Å². The molecular weight excluding hydrogens is 310 g/mol. The van der Waals surface area contributed by atoms with E-state index in [4.69, 9.17) is 9.47 Å². The van der Waals surface area contributed by atoms with Crippen molar-refractivity contribution in [1.29, 1.82) is 0 Å². The lowest BCUT2D eigenvalue weighted by molar-refractivity contribution is -0.160. The Morgan fingerprint density at radius 1 is 1.29 bits per heavy atom. The second-order valence-electron chi connectivity index (χ2n) is 6.97. The number of piperidine rings is 1. The number of aliphatic hydroxyl groups is 1. The molecule has 0 aliphatic carbocycles. The minimum Gasteiger partial charge on any atom is -0.459 e. The molecular formula is C18H29NO5. The quantitative estimate of drug-likeness (QED) is 0.606. The molecule has 136 valence electrons. The van der Waals surface area contributed by atoms with Gasteiger partial charge in [0.25, 0.3) is 0 Å². The molecule has 6 nitrogen and oxygen atoms in total.